The number of hydrogen-bond acceptors (Lipinski definition) is 3. The molecule has 2 saturated heterocycles. The lowest BCUT2D eigenvalue weighted by molar-refractivity contribution is -0.134. The van der Waals surface area contributed by atoms with E-state index in [-0.39, 0.29) is 18.0 Å². The zero-order chi connectivity index (χ0) is 18.6. The molecule has 5 heteroatoms. The van der Waals surface area contributed by atoms with Crippen molar-refractivity contribution < 1.29 is 4.79 Å². The predicted molar refractivity (Wildman–Crippen MR) is 108 cm³/mol. The smallest absolute Gasteiger partial charge is 0.241 e. The molecule has 2 aromatic carbocycles. The summed E-state index contributed by atoms with van der Waals surface area (Å²) in [7, 11) is 0. The van der Waals surface area contributed by atoms with Gasteiger partial charge in [-0.05, 0) is 48.8 Å². The van der Waals surface area contributed by atoms with E-state index in [9.17, 15) is 4.79 Å². The van der Waals surface area contributed by atoms with Gasteiger partial charge in [0, 0.05) is 24.2 Å². The standard InChI is InChI=1S/C22H26ClN3O/c23-19-9-5-4-8-18(19)20-15-21(25-24-20)22(27)26-12-10-17(11-13-26)14-16-6-2-1-3-7-16/h1-9,17,20-21,24-25H,10-15H2. The van der Waals surface area contributed by atoms with Crippen LogP contribution in [-0.4, -0.2) is 29.9 Å². The molecule has 0 aromatic heterocycles. The summed E-state index contributed by atoms with van der Waals surface area (Å²) in [5.74, 6) is 0.872. The van der Waals surface area contributed by atoms with E-state index in [1.807, 2.05) is 29.2 Å². The number of hydrazine groups is 1. The summed E-state index contributed by atoms with van der Waals surface area (Å²) >= 11 is 6.30. The molecule has 2 aromatic rings. The van der Waals surface area contributed by atoms with Crippen molar-refractivity contribution in [3.63, 3.8) is 0 Å². The maximum atomic E-state index is 12.9. The van der Waals surface area contributed by atoms with Crippen LogP contribution in [0.5, 0.6) is 0 Å². The number of piperidine rings is 1. The summed E-state index contributed by atoms with van der Waals surface area (Å²) in [6.45, 7) is 1.70. The fourth-order valence-electron chi connectivity index (χ4n) is 4.20. The van der Waals surface area contributed by atoms with Gasteiger partial charge in [0.25, 0.3) is 0 Å². The molecule has 0 saturated carbocycles. The molecule has 27 heavy (non-hydrogen) atoms. The summed E-state index contributed by atoms with van der Waals surface area (Å²) < 4.78 is 0. The molecule has 2 N–H and O–H groups in total. The summed E-state index contributed by atoms with van der Waals surface area (Å²) in [5.41, 5.74) is 8.86. The quantitative estimate of drug-likeness (QED) is 0.845. The molecule has 0 bridgehead atoms. The first-order valence-corrected chi connectivity index (χ1v) is 10.2. The Bertz CT molecular complexity index is 774. The largest absolute Gasteiger partial charge is 0.341 e. The normalized spacial score (nSPS) is 23.5. The maximum absolute atomic E-state index is 12.9. The van der Waals surface area contributed by atoms with Crippen LogP contribution in [0.15, 0.2) is 54.6 Å². The van der Waals surface area contributed by atoms with Crippen molar-refractivity contribution in [3.05, 3.63) is 70.7 Å². The number of carbonyl (C=O) groups is 1. The van der Waals surface area contributed by atoms with E-state index in [0.717, 1.165) is 49.4 Å². The molecular formula is C22H26ClN3O. The molecule has 0 spiro atoms. The zero-order valence-corrected chi connectivity index (χ0v) is 16.2. The van der Waals surface area contributed by atoms with E-state index in [1.165, 1.54) is 5.56 Å². The first-order chi connectivity index (χ1) is 13.2. The van der Waals surface area contributed by atoms with Gasteiger partial charge in [-0.25, -0.2) is 10.9 Å². The third-order valence-electron chi connectivity index (χ3n) is 5.78. The third-order valence-corrected chi connectivity index (χ3v) is 6.12. The molecule has 2 heterocycles. The second-order valence-electron chi connectivity index (χ2n) is 7.61. The van der Waals surface area contributed by atoms with E-state index in [1.54, 1.807) is 0 Å². The lowest BCUT2D eigenvalue weighted by Crippen LogP contribution is -2.48. The van der Waals surface area contributed by atoms with Gasteiger partial charge >= 0.3 is 0 Å². The van der Waals surface area contributed by atoms with Gasteiger partial charge in [-0.3, -0.25) is 4.79 Å². The van der Waals surface area contributed by atoms with Crippen molar-refractivity contribution in [1.82, 2.24) is 15.8 Å². The predicted octanol–water partition coefficient (Wildman–Crippen LogP) is 3.73. The van der Waals surface area contributed by atoms with Crippen molar-refractivity contribution in [2.75, 3.05) is 13.1 Å². The summed E-state index contributed by atoms with van der Waals surface area (Å²) in [6.07, 6.45) is 4.00. The number of carbonyl (C=O) groups excluding carboxylic acids is 1. The van der Waals surface area contributed by atoms with Gasteiger partial charge in [0.1, 0.15) is 6.04 Å². The monoisotopic (exact) mass is 383 g/mol. The van der Waals surface area contributed by atoms with Crippen molar-refractivity contribution in [1.29, 1.82) is 0 Å². The molecule has 2 unspecified atom stereocenters. The second kappa shape index (κ2) is 8.42. The van der Waals surface area contributed by atoms with Crippen LogP contribution in [0.3, 0.4) is 0 Å². The summed E-state index contributed by atoms with van der Waals surface area (Å²) in [5, 5.41) is 0.742. The topological polar surface area (TPSA) is 44.4 Å². The van der Waals surface area contributed by atoms with Gasteiger partial charge in [-0.15, -0.1) is 0 Å². The lowest BCUT2D eigenvalue weighted by atomic mass is 9.90. The first kappa shape index (κ1) is 18.5. The minimum Gasteiger partial charge on any atom is -0.341 e. The molecule has 4 nitrogen and oxygen atoms in total. The molecule has 4 rings (SSSR count). The fourth-order valence-corrected chi connectivity index (χ4v) is 4.47. The fraction of sp³-hybridized carbons (Fsp3) is 0.409. The zero-order valence-electron chi connectivity index (χ0n) is 15.4. The Kier molecular flexibility index (Phi) is 5.77. The second-order valence-corrected chi connectivity index (χ2v) is 8.02. The van der Waals surface area contributed by atoms with Crippen LogP contribution in [-0.2, 0) is 11.2 Å². The Morgan fingerprint density at radius 1 is 1.00 bits per heavy atom. The van der Waals surface area contributed by atoms with E-state index in [4.69, 9.17) is 11.6 Å². The van der Waals surface area contributed by atoms with Crippen molar-refractivity contribution in [2.45, 2.75) is 37.8 Å². The van der Waals surface area contributed by atoms with E-state index >= 15 is 0 Å². The van der Waals surface area contributed by atoms with Gasteiger partial charge in [-0.1, -0.05) is 60.1 Å². The number of benzene rings is 2. The molecule has 0 aliphatic carbocycles. The minimum absolute atomic E-state index is 0.0725. The average molecular weight is 384 g/mol. The number of amides is 1. The summed E-state index contributed by atoms with van der Waals surface area (Å²) in [4.78, 5) is 14.9. The number of halogens is 1. The minimum atomic E-state index is -0.183. The van der Waals surface area contributed by atoms with Gasteiger partial charge in [0.2, 0.25) is 5.91 Å². The van der Waals surface area contributed by atoms with Crippen molar-refractivity contribution >= 4 is 17.5 Å². The molecule has 1 amide bonds. The molecule has 2 aliphatic heterocycles. The van der Waals surface area contributed by atoms with Gasteiger partial charge in [0.05, 0.1) is 0 Å². The average Bonchev–Trinajstić information content (AvgIpc) is 3.19. The number of nitrogens with zero attached hydrogens (tertiary/aromatic N) is 1. The van der Waals surface area contributed by atoms with Crippen LogP contribution in [0.2, 0.25) is 5.02 Å². The van der Waals surface area contributed by atoms with Crippen molar-refractivity contribution in [3.8, 4) is 0 Å². The van der Waals surface area contributed by atoms with Crippen LogP contribution in [0.1, 0.15) is 36.4 Å². The van der Waals surface area contributed by atoms with Crippen molar-refractivity contribution in [2.24, 2.45) is 5.92 Å². The molecule has 2 fully saturated rings. The Labute approximate surface area is 165 Å². The van der Waals surface area contributed by atoms with E-state index in [2.05, 4.69) is 41.2 Å². The van der Waals surface area contributed by atoms with E-state index < -0.39 is 0 Å². The number of likely N-dealkylation sites (tertiary alicyclic amines) is 1. The maximum Gasteiger partial charge on any atom is 0.241 e. The molecule has 2 atom stereocenters. The number of nitrogens with one attached hydrogen (secondary N) is 2. The van der Waals surface area contributed by atoms with Gasteiger partial charge < -0.3 is 4.90 Å². The highest BCUT2D eigenvalue weighted by molar-refractivity contribution is 6.31. The Hall–Kier alpha value is -1.88. The van der Waals surface area contributed by atoms with Crippen LogP contribution in [0.25, 0.3) is 0 Å². The number of hydrogen-bond donors (Lipinski definition) is 2. The SMILES string of the molecule is O=C(C1CC(c2ccccc2Cl)NN1)N1CCC(Cc2ccccc2)CC1. The highest BCUT2D eigenvalue weighted by Crippen LogP contribution is 2.29. The highest BCUT2D eigenvalue weighted by Gasteiger charge is 2.34. The molecule has 2 aliphatic rings. The van der Waals surface area contributed by atoms with E-state index in [0.29, 0.717) is 5.92 Å². The molecule has 142 valence electrons. The van der Waals surface area contributed by atoms with Crippen LogP contribution in [0, 0.1) is 5.92 Å². The first-order valence-electron chi connectivity index (χ1n) is 9.79. The lowest BCUT2D eigenvalue weighted by Gasteiger charge is -2.33. The summed E-state index contributed by atoms with van der Waals surface area (Å²) in [6, 6.07) is 18.4. The molecular weight excluding hydrogens is 358 g/mol. The Morgan fingerprint density at radius 2 is 1.70 bits per heavy atom. The van der Waals surface area contributed by atoms with Crippen LogP contribution >= 0.6 is 11.6 Å². The van der Waals surface area contributed by atoms with Gasteiger partial charge in [0.15, 0.2) is 0 Å². The van der Waals surface area contributed by atoms with Crippen LogP contribution < -0.4 is 10.9 Å². The van der Waals surface area contributed by atoms with Gasteiger partial charge in [-0.2, -0.15) is 0 Å². The Morgan fingerprint density at radius 3 is 2.44 bits per heavy atom. The van der Waals surface area contributed by atoms with Crippen LogP contribution in [0.4, 0.5) is 0 Å². The third kappa shape index (κ3) is 4.34. The molecule has 0 radical (unpaired) electrons. The highest BCUT2D eigenvalue weighted by atomic mass is 35.5. The number of rotatable bonds is 4. The Balaban J connectivity index is 1.29.